The van der Waals surface area contributed by atoms with Gasteiger partial charge in [0.1, 0.15) is 0 Å². The predicted octanol–water partition coefficient (Wildman–Crippen LogP) is -9.86. The molecule has 6 nitrogen and oxygen atoms in total. The average Bonchev–Trinajstić information content (AvgIpc) is 1.66. The molecule has 0 amide bonds. The van der Waals surface area contributed by atoms with Gasteiger partial charge in [-0.25, -0.2) is 0 Å². The normalized spacial score (nSPS) is 6.91. The predicted molar refractivity (Wildman–Crippen MR) is 13.3 cm³/mol. The third-order valence-electron chi connectivity index (χ3n) is 0. The van der Waals surface area contributed by atoms with Crippen molar-refractivity contribution < 1.29 is 101 Å². The van der Waals surface area contributed by atoms with Crippen molar-refractivity contribution in [3.63, 3.8) is 0 Å². The Morgan fingerprint density at radius 2 is 0.727 bits per heavy atom. The topological polar surface area (TPSA) is 138 Å². The molecule has 11 heavy (non-hydrogen) atoms. The van der Waals surface area contributed by atoms with Crippen LogP contribution in [-0.2, 0) is 0 Å². The molecule has 0 spiro atoms. The van der Waals surface area contributed by atoms with Gasteiger partial charge in [0.05, 0.1) is 21.6 Å². The maximum atomic E-state index is 8.41. The molecule has 0 aliphatic carbocycles. The molecular formula is Cl2KO6SSb. The molecule has 0 unspecified atom stereocenters. The summed E-state index contributed by atoms with van der Waals surface area (Å²) in [5, 5.41) is 0. The molecule has 11 heteroatoms. The molecule has 2 radical (unpaired) electrons. The Balaban J connectivity index is -0.0000000339. The van der Waals surface area contributed by atoms with Crippen LogP contribution in [0.1, 0.15) is 0 Å². The van der Waals surface area contributed by atoms with E-state index >= 15 is 0 Å². The molecule has 0 bridgehead atoms. The number of halogens is 2. The summed E-state index contributed by atoms with van der Waals surface area (Å²) in [5.74, 6) is 0. The first-order valence-corrected chi connectivity index (χ1v) is 6.45. The Morgan fingerprint density at radius 3 is 0.727 bits per heavy atom. The first-order chi connectivity index (χ1) is 4.46. The number of hydrogen-bond donors (Lipinski definition) is 0. The van der Waals surface area contributed by atoms with E-state index in [1.807, 2.05) is 0 Å². The summed E-state index contributed by atoms with van der Waals surface area (Å²) >= 11 is 1.33. The molecule has 0 rings (SSSR count). The summed E-state index contributed by atoms with van der Waals surface area (Å²) < 4.78 is 50.4. The SMILES string of the molecule is [K+].[O-][Cl+2]([O-])[O-].[O-][Cl+2]([O-])[O-].[S]=[Sb+]. The summed E-state index contributed by atoms with van der Waals surface area (Å²) in [7, 11) is -1.57. The molecule has 0 aromatic heterocycles. The van der Waals surface area contributed by atoms with E-state index in [4.69, 9.17) is 28.0 Å². The van der Waals surface area contributed by atoms with Gasteiger partial charge in [-0.3, -0.25) is 0 Å². The van der Waals surface area contributed by atoms with Gasteiger partial charge in [-0.2, -0.15) is 0 Å². The van der Waals surface area contributed by atoms with Crippen LogP contribution >= 0.6 is 9.19 Å². The number of rotatable bonds is 0. The van der Waals surface area contributed by atoms with Gasteiger partial charge in [-0.15, -0.1) is 0 Å². The quantitative estimate of drug-likeness (QED) is 0.391. The van der Waals surface area contributed by atoms with Crippen molar-refractivity contribution in [2.75, 3.05) is 0 Å². The summed E-state index contributed by atoms with van der Waals surface area (Å²) in [6.07, 6.45) is 0. The molecule has 0 aromatic rings. The molecule has 0 fully saturated rings. The molecule has 0 aromatic carbocycles. The van der Waals surface area contributed by atoms with Gasteiger partial charge >= 0.3 is 81.6 Å². The van der Waals surface area contributed by atoms with Crippen molar-refractivity contribution >= 4 is 30.2 Å². The summed E-state index contributed by atoms with van der Waals surface area (Å²) in [5.41, 5.74) is 0. The Morgan fingerprint density at radius 1 is 0.727 bits per heavy atom. The average molecular weight is 360 g/mol. The molecule has 0 saturated heterocycles. The molecular weight excluding hydrogens is 360 g/mol. The summed E-state index contributed by atoms with van der Waals surface area (Å²) in [6, 6.07) is 0. The first kappa shape index (κ1) is 23.7. The van der Waals surface area contributed by atoms with E-state index in [2.05, 4.69) is 9.19 Å². The van der Waals surface area contributed by atoms with E-state index in [0.29, 0.717) is 0 Å². The van der Waals surface area contributed by atoms with E-state index in [0.717, 1.165) is 0 Å². The first-order valence-electron chi connectivity index (χ1n) is 1.11. The summed E-state index contributed by atoms with van der Waals surface area (Å²) in [6.45, 7) is 0. The van der Waals surface area contributed by atoms with E-state index < -0.39 is 21.6 Å². The molecule has 0 saturated carbocycles. The van der Waals surface area contributed by atoms with Crippen molar-refractivity contribution in [3.8, 4) is 0 Å². The van der Waals surface area contributed by atoms with Crippen LogP contribution in [-0.4, -0.2) is 21.1 Å². The monoisotopic (exact) mass is 358 g/mol. The van der Waals surface area contributed by atoms with Gasteiger partial charge in [0.25, 0.3) is 0 Å². The zero-order valence-electron chi connectivity index (χ0n) is 5.06. The zero-order chi connectivity index (χ0) is 9.15. The third-order valence-corrected chi connectivity index (χ3v) is 0. The second-order valence-corrected chi connectivity index (χ2v) is 1.13. The van der Waals surface area contributed by atoms with E-state index in [9.17, 15) is 0 Å². The van der Waals surface area contributed by atoms with Crippen LogP contribution in [0.2, 0.25) is 0 Å². The molecule has 0 atom stereocenters. The Hall–Kier alpha value is 3.01. The maximum absolute atomic E-state index is 8.41. The van der Waals surface area contributed by atoms with Gasteiger partial charge in [-0.1, -0.05) is 0 Å². The molecule has 62 valence electrons. The fourth-order valence-electron chi connectivity index (χ4n) is 0. The second-order valence-electron chi connectivity index (χ2n) is 0.378. The fourth-order valence-corrected chi connectivity index (χ4v) is 0. The van der Waals surface area contributed by atoms with Gasteiger partial charge in [0.15, 0.2) is 0 Å². The van der Waals surface area contributed by atoms with Crippen LogP contribution < -0.4 is 79.3 Å². The van der Waals surface area contributed by atoms with Crippen LogP contribution in [0.3, 0.4) is 0 Å². The van der Waals surface area contributed by atoms with E-state index in [1.165, 1.54) is 21.1 Å². The Labute approximate surface area is 128 Å². The molecule has 0 aliphatic heterocycles. The Bertz CT molecular complexity index is 44.3. The number of hydrogen-bond acceptors (Lipinski definition) is 7. The van der Waals surface area contributed by atoms with Crippen molar-refractivity contribution in [2.45, 2.75) is 0 Å². The Kier molecular flexibility index (Phi) is 49.7. The van der Waals surface area contributed by atoms with Gasteiger partial charge in [0.2, 0.25) is 0 Å². The minimum atomic E-state index is -2.85. The molecule has 0 heterocycles. The molecule has 0 aliphatic rings. The minimum absolute atomic E-state index is 0. The van der Waals surface area contributed by atoms with Crippen LogP contribution in [0.15, 0.2) is 0 Å². The van der Waals surface area contributed by atoms with Crippen molar-refractivity contribution in [2.24, 2.45) is 0 Å². The standard InChI is InChI=1S/2ClO3.K.S.Sb/c2*2-1(3)4;;;/q2*-1;+1;;+1. The molecule has 0 N–H and O–H groups in total. The second kappa shape index (κ2) is 23.1. The zero-order valence-corrected chi connectivity index (χ0v) is 13.1. The van der Waals surface area contributed by atoms with Crippen molar-refractivity contribution in [3.05, 3.63) is 0 Å². The van der Waals surface area contributed by atoms with E-state index in [1.54, 1.807) is 0 Å². The van der Waals surface area contributed by atoms with Crippen LogP contribution in [0.5, 0.6) is 0 Å². The van der Waals surface area contributed by atoms with Crippen molar-refractivity contribution in [1.29, 1.82) is 0 Å². The fraction of sp³-hybridized carbons (Fsp3) is 0. The summed E-state index contributed by atoms with van der Waals surface area (Å²) in [4.78, 5) is 0. The van der Waals surface area contributed by atoms with Gasteiger partial charge in [0, 0.05) is 0 Å². The van der Waals surface area contributed by atoms with Crippen LogP contribution in [0, 0.1) is 21.6 Å². The van der Waals surface area contributed by atoms with Crippen molar-refractivity contribution in [1.82, 2.24) is 0 Å². The van der Waals surface area contributed by atoms with Crippen LogP contribution in [0.4, 0.5) is 0 Å². The van der Waals surface area contributed by atoms with Gasteiger partial charge < -0.3 is 28.0 Å². The van der Waals surface area contributed by atoms with Gasteiger partial charge in [-0.05, 0) is 0 Å². The van der Waals surface area contributed by atoms with E-state index in [-0.39, 0.29) is 51.4 Å². The third kappa shape index (κ3) is 174. The van der Waals surface area contributed by atoms with Crippen LogP contribution in [0.25, 0.3) is 0 Å².